The van der Waals surface area contributed by atoms with Crippen LogP contribution in [0.1, 0.15) is 64.3 Å². The fourth-order valence-electron chi connectivity index (χ4n) is 3.26. The molecule has 0 amide bonds. The van der Waals surface area contributed by atoms with E-state index >= 15 is 0 Å². The molecule has 0 aromatic carbocycles. The average molecular weight is 518 g/mol. The zero-order valence-electron chi connectivity index (χ0n) is 23.1. The molecule has 1 aromatic heterocycles. The normalized spacial score (nSPS) is 21.2. The highest BCUT2D eigenvalue weighted by atomic mass is 28.4. The van der Waals surface area contributed by atoms with Crippen LogP contribution in [0.3, 0.4) is 0 Å². The van der Waals surface area contributed by atoms with Crippen LogP contribution in [-0.2, 0) is 13.9 Å². The van der Waals surface area contributed by atoms with Crippen LogP contribution in [0.5, 0.6) is 0 Å². The number of methoxy groups -OCH3 is 1. The maximum Gasteiger partial charge on any atom is 0.360 e. The monoisotopic (exact) mass is 517 g/mol. The quantitative estimate of drug-likeness (QED) is 0.118. The number of hydrogen-bond acceptors (Lipinski definition) is 7. The van der Waals surface area contributed by atoms with Crippen molar-refractivity contribution in [2.45, 2.75) is 90.5 Å². The van der Waals surface area contributed by atoms with Gasteiger partial charge < -0.3 is 23.4 Å². The second-order valence-electron chi connectivity index (χ2n) is 11.2. The zero-order chi connectivity index (χ0) is 27.1. The lowest BCUT2D eigenvalue weighted by molar-refractivity contribution is -0.0181. The van der Waals surface area contributed by atoms with Gasteiger partial charge in [0.15, 0.2) is 14.0 Å². The van der Waals surface area contributed by atoms with Crippen LogP contribution in [0.15, 0.2) is 53.2 Å². The Hall–Kier alpha value is -2.26. The lowest BCUT2D eigenvalue weighted by atomic mass is 9.79. The molecule has 1 aliphatic heterocycles. The number of nitrogens with zero attached hydrogens (tertiary/aromatic N) is 1. The van der Waals surface area contributed by atoms with E-state index in [0.717, 1.165) is 0 Å². The summed E-state index contributed by atoms with van der Waals surface area (Å²) in [7, 11) is -0.702. The van der Waals surface area contributed by atoms with Gasteiger partial charge in [-0.15, -0.1) is 0 Å². The summed E-state index contributed by atoms with van der Waals surface area (Å²) in [5.41, 5.74) is -0.320. The van der Waals surface area contributed by atoms with Gasteiger partial charge >= 0.3 is 5.97 Å². The SMILES string of the molecule is C/C=C/C(O[Si](C)(C)C(C)(C)C)C(C)(C)C(O)C/C=C\C1OC1/C=C/C=C\c1nc(C(=O)OC)co1. The number of epoxide rings is 1. The van der Waals surface area contributed by atoms with Crippen molar-refractivity contribution in [3.05, 3.63) is 60.4 Å². The summed E-state index contributed by atoms with van der Waals surface area (Å²) in [4.78, 5) is 15.4. The maximum absolute atomic E-state index is 11.4. The molecular weight excluding hydrogens is 474 g/mol. The van der Waals surface area contributed by atoms with Crippen molar-refractivity contribution < 1.29 is 28.2 Å². The molecule has 0 bridgehead atoms. The number of carbonyl (C=O) groups excluding carboxylic acids is 1. The van der Waals surface area contributed by atoms with E-state index in [1.807, 2.05) is 37.3 Å². The summed E-state index contributed by atoms with van der Waals surface area (Å²) in [6, 6.07) is 0. The topological polar surface area (TPSA) is 94.3 Å². The fraction of sp³-hybridized carbons (Fsp3) is 0.571. The summed E-state index contributed by atoms with van der Waals surface area (Å²) in [5, 5.41) is 11.1. The van der Waals surface area contributed by atoms with E-state index in [4.69, 9.17) is 13.6 Å². The molecule has 0 spiro atoms. The third kappa shape index (κ3) is 8.13. The Kier molecular flexibility index (Phi) is 10.3. The van der Waals surface area contributed by atoms with Crippen molar-refractivity contribution >= 4 is 20.4 Å². The number of allylic oxidation sites excluding steroid dienone is 3. The molecule has 1 fully saturated rings. The van der Waals surface area contributed by atoms with E-state index in [1.54, 1.807) is 12.2 Å². The number of hydrogen-bond donors (Lipinski definition) is 1. The van der Waals surface area contributed by atoms with Crippen molar-refractivity contribution in [1.82, 2.24) is 4.98 Å². The van der Waals surface area contributed by atoms with E-state index in [0.29, 0.717) is 12.3 Å². The first-order valence-electron chi connectivity index (χ1n) is 12.4. The Morgan fingerprint density at radius 2 is 1.86 bits per heavy atom. The first-order valence-corrected chi connectivity index (χ1v) is 15.3. The Bertz CT molecular complexity index is 982. The lowest BCUT2D eigenvalue weighted by Crippen LogP contribution is -2.50. The molecule has 0 saturated carbocycles. The number of aromatic nitrogens is 1. The molecular formula is C28H43NO6Si. The number of oxazole rings is 1. The van der Waals surface area contributed by atoms with Gasteiger partial charge in [0.1, 0.15) is 18.5 Å². The molecule has 1 saturated heterocycles. The largest absolute Gasteiger partial charge is 0.464 e. The van der Waals surface area contributed by atoms with Crippen LogP contribution in [0.4, 0.5) is 0 Å². The van der Waals surface area contributed by atoms with Gasteiger partial charge in [-0.1, -0.05) is 77.2 Å². The summed E-state index contributed by atoms with van der Waals surface area (Å²) < 4.78 is 22.1. The van der Waals surface area contributed by atoms with E-state index in [2.05, 4.69) is 63.5 Å². The molecule has 200 valence electrons. The molecule has 2 heterocycles. The Balaban J connectivity index is 1.87. The second-order valence-corrected chi connectivity index (χ2v) is 16.0. The number of carbonyl (C=O) groups is 1. The van der Waals surface area contributed by atoms with Gasteiger partial charge in [0.25, 0.3) is 0 Å². The smallest absolute Gasteiger partial charge is 0.360 e. The molecule has 1 N–H and O–H groups in total. The Labute approximate surface area is 217 Å². The highest BCUT2D eigenvalue weighted by Crippen LogP contribution is 2.41. The van der Waals surface area contributed by atoms with Gasteiger partial charge in [-0.25, -0.2) is 9.78 Å². The number of ether oxygens (including phenoxy) is 2. The van der Waals surface area contributed by atoms with Crippen LogP contribution in [0.2, 0.25) is 18.1 Å². The van der Waals surface area contributed by atoms with E-state index in [-0.39, 0.29) is 29.0 Å². The van der Waals surface area contributed by atoms with Gasteiger partial charge in [0, 0.05) is 11.5 Å². The van der Waals surface area contributed by atoms with E-state index < -0.39 is 25.8 Å². The van der Waals surface area contributed by atoms with Crippen LogP contribution in [0, 0.1) is 5.41 Å². The van der Waals surface area contributed by atoms with Gasteiger partial charge in [-0.2, -0.15) is 0 Å². The first-order chi connectivity index (χ1) is 16.7. The Morgan fingerprint density at radius 3 is 2.47 bits per heavy atom. The van der Waals surface area contributed by atoms with Gasteiger partial charge in [-0.3, -0.25) is 0 Å². The molecule has 4 atom stereocenters. The minimum absolute atomic E-state index is 0.00700. The molecule has 1 aliphatic rings. The van der Waals surface area contributed by atoms with Crippen LogP contribution in [0.25, 0.3) is 6.08 Å². The highest BCUT2D eigenvalue weighted by Gasteiger charge is 2.44. The molecule has 36 heavy (non-hydrogen) atoms. The lowest BCUT2D eigenvalue weighted by Gasteiger charge is -2.44. The average Bonchev–Trinajstić information content (AvgIpc) is 3.36. The van der Waals surface area contributed by atoms with Crippen LogP contribution >= 0.6 is 0 Å². The van der Waals surface area contributed by atoms with E-state index in [9.17, 15) is 9.90 Å². The van der Waals surface area contributed by atoms with Crippen molar-refractivity contribution in [3.8, 4) is 0 Å². The van der Waals surface area contributed by atoms with Crippen molar-refractivity contribution in [3.63, 3.8) is 0 Å². The van der Waals surface area contributed by atoms with Gasteiger partial charge in [0.2, 0.25) is 5.89 Å². The van der Waals surface area contributed by atoms with Gasteiger partial charge in [0.05, 0.1) is 19.3 Å². The number of aliphatic hydroxyl groups is 1. The number of esters is 1. The zero-order valence-corrected chi connectivity index (χ0v) is 24.1. The third-order valence-electron chi connectivity index (χ3n) is 7.00. The molecule has 2 rings (SSSR count). The second kappa shape index (κ2) is 12.3. The van der Waals surface area contributed by atoms with Crippen LogP contribution in [-0.4, -0.2) is 55.9 Å². The number of rotatable bonds is 12. The van der Waals surface area contributed by atoms with Crippen LogP contribution < -0.4 is 0 Å². The minimum Gasteiger partial charge on any atom is -0.464 e. The van der Waals surface area contributed by atoms with Crippen molar-refractivity contribution in [2.75, 3.05) is 7.11 Å². The molecule has 0 aliphatic carbocycles. The number of aliphatic hydroxyl groups excluding tert-OH is 1. The maximum atomic E-state index is 11.4. The minimum atomic E-state index is -2.00. The summed E-state index contributed by atoms with van der Waals surface area (Å²) in [6.45, 7) is 17.3. The predicted octanol–water partition coefficient (Wildman–Crippen LogP) is 6.10. The fourth-order valence-corrected chi connectivity index (χ4v) is 4.63. The highest BCUT2D eigenvalue weighted by molar-refractivity contribution is 6.74. The van der Waals surface area contributed by atoms with Crippen molar-refractivity contribution in [2.24, 2.45) is 5.41 Å². The first kappa shape index (κ1) is 30.0. The summed E-state index contributed by atoms with van der Waals surface area (Å²) in [5.74, 6) is -0.220. The molecule has 8 heteroatoms. The molecule has 0 radical (unpaired) electrons. The summed E-state index contributed by atoms with van der Waals surface area (Å²) in [6.07, 6.45) is 16.3. The molecule has 4 unspecified atom stereocenters. The molecule has 1 aromatic rings. The van der Waals surface area contributed by atoms with Crippen molar-refractivity contribution in [1.29, 1.82) is 0 Å². The van der Waals surface area contributed by atoms with Gasteiger partial charge in [-0.05, 0) is 31.5 Å². The Morgan fingerprint density at radius 1 is 1.19 bits per heavy atom. The predicted molar refractivity (Wildman–Crippen MR) is 145 cm³/mol. The third-order valence-corrected chi connectivity index (χ3v) is 11.5. The standard InChI is InChI=1S/C28H43NO6Si/c1-10-14-24(35-36(8,9)27(2,3)4)28(5,6)23(30)17-13-16-22-21(34-22)15-11-12-18-25-29-20(19-33-25)26(31)32-7/h10-16,18-19,21-24,30H,17H2,1-9H3/b14-10+,15-11+,16-13-,18-12-. The molecule has 7 nitrogen and oxygen atoms in total. The van der Waals surface area contributed by atoms with E-state index in [1.165, 1.54) is 13.4 Å². The summed E-state index contributed by atoms with van der Waals surface area (Å²) >= 11 is 0.